The molecular formula is C47H60ClN11. The molecule has 3 N–H and O–H groups in total. The van der Waals surface area contributed by atoms with Crippen LogP contribution in [0.2, 0.25) is 5.02 Å². The number of aromatic nitrogens is 4. The van der Waals surface area contributed by atoms with E-state index in [9.17, 15) is 0 Å². The van der Waals surface area contributed by atoms with E-state index in [1.165, 1.54) is 35.0 Å². The molecule has 4 aromatic rings. The molecule has 4 aliphatic heterocycles. The highest BCUT2D eigenvalue weighted by Gasteiger charge is 2.30. The van der Waals surface area contributed by atoms with Gasteiger partial charge in [-0.25, -0.2) is 4.98 Å². The normalized spacial score (nSPS) is 19.3. The largest absolute Gasteiger partial charge is 0.392 e. The van der Waals surface area contributed by atoms with Crippen molar-refractivity contribution in [3.63, 3.8) is 0 Å². The lowest BCUT2D eigenvalue weighted by molar-refractivity contribution is 0.201. The Labute approximate surface area is 355 Å². The Kier molecular flexibility index (Phi) is 11.8. The number of hydrogen-bond donors (Lipinski definition) is 3. The summed E-state index contributed by atoms with van der Waals surface area (Å²) in [6, 6.07) is 13.4. The number of halogens is 1. The summed E-state index contributed by atoms with van der Waals surface area (Å²) >= 11 is 6.70. The van der Waals surface area contributed by atoms with Gasteiger partial charge >= 0.3 is 0 Å². The summed E-state index contributed by atoms with van der Waals surface area (Å²) in [5.41, 5.74) is 12.2. The highest BCUT2D eigenvalue weighted by molar-refractivity contribution is 6.32. The van der Waals surface area contributed by atoms with E-state index in [1.807, 2.05) is 7.05 Å². The van der Waals surface area contributed by atoms with Crippen molar-refractivity contribution < 1.29 is 0 Å². The van der Waals surface area contributed by atoms with Crippen LogP contribution in [0.5, 0.6) is 0 Å². The summed E-state index contributed by atoms with van der Waals surface area (Å²) in [5.74, 6) is 2.19. The van der Waals surface area contributed by atoms with E-state index in [0.717, 1.165) is 117 Å². The van der Waals surface area contributed by atoms with Crippen LogP contribution >= 0.6 is 11.6 Å². The average Bonchev–Trinajstić information content (AvgIpc) is 3.57. The highest BCUT2D eigenvalue weighted by Crippen LogP contribution is 2.41. The van der Waals surface area contributed by atoms with Crippen LogP contribution in [-0.4, -0.2) is 83.6 Å². The first-order chi connectivity index (χ1) is 28.5. The summed E-state index contributed by atoms with van der Waals surface area (Å²) in [5, 5.41) is 16.8. The Balaban J connectivity index is 0.869. The zero-order valence-corrected chi connectivity index (χ0v) is 36.1. The Morgan fingerprint density at radius 2 is 1.76 bits per heavy atom. The fourth-order valence-corrected chi connectivity index (χ4v) is 9.51. The molecule has 0 saturated carbocycles. The highest BCUT2D eigenvalue weighted by atomic mass is 35.5. The maximum absolute atomic E-state index is 6.70. The van der Waals surface area contributed by atoms with E-state index in [4.69, 9.17) is 21.7 Å². The van der Waals surface area contributed by atoms with Crippen molar-refractivity contribution in [1.82, 2.24) is 35.3 Å². The van der Waals surface area contributed by atoms with Crippen molar-refractivity contribution in [3.05, 3.63) is 114 Å². The molecule has 310 valence electrons. The SMILES string of the molecule is C=C(CCC1=Cc2cc(Nc3nc(N4CCN(CC5CCN(c6cccc7c(C8CCC(=C)NC8=C)nn(C)c67)CC5)CC4)ncc3Cl)ccc2N(C(C)C)C1=C)NC. The van der Waals surface area contributed by atoms with Gasteiger partial charge in [-0.3, -0.25) is 9.58 Å². The smallest absolute Gasteiger partial charge is 0.227 e. The number of anilines is 5. The minimum absolute atomic E-state index is 0.195. The molecule has 12 heteroatoms. The number of piperidine rings is 2. The Hall–Kier alpha value is -5.26. The van der Waals surface area contributed by atoms with Gasteiger partial charge in [-0.2, -0.15) is 10.1 Å². The van der Waals surface area contributed by atoms with Crippen LogP contribution in [0.15, 0.2) is 97.3 Å². The number of nitrogens with zero attached hydrogens (tertiary/aromatic N) is 8. The van der Waals surface area contributed by atoms with Crippen LogP contribution in [0.3, 0.4) is 0 Å². The fraction of sp³-hybridized carbons (Fsp3) is 0.426. The molecule has 0 spiro atoms. The van der Waals surface area contributed by atoms with Gasteiger partial charge in [-0.1, -0.05) is 50.0 Å². The molecule has 1 atom stereocenters. The second kappa shape index (κ2) is 17.1. The number of piperazine rings is 1. The van der Waals surface area contributed by atoms with Crippen molar-refractivity contribution in [2.75, 3.05) is 72.9 Å². The molecule has 0 amide bonds. The lowest BCUT2D eigenvalue weighted by atomic mass is 9.90. The summed E-state index contributed by atoms with van der Waals surface area (Å²) < 4.78 is 2.08. The van der Waals surface area contributed by atoms with E-state index in [-0.39, 0.29) is 12.0 Å². The molecule has 8 rings (SSSR count). The predicted molar refractivity (Wildman–Crippen MR) is 247 cm³/mol. The summed E-state index contributed by atoms with van der Waals surface area (Å²) in [6.45, 7) is 28.4. The van der Waals surface area contributed by atoms with Crippen LogP contribution in [0, 0.1) is 5.92 Å². The number of para-hydroxylation sites is 1. The third kappa shape index (κ3) is 8.45. The van der Waals surface area contributed by atoms with Crippen LogP contribution in [0.25, 0.3) is 17.0 Å². The standard InChI is InChI=1S/C47H60ClN11/c1-30(2)59-34(6)36(14-12-31(3)49-7)26-37-27-38(15-17-42(37)59)52-46-41(48)28-50-47(53-46)58-24-22-56(23-25-58)29-35-18-20-57(21-19-35)43-11-9-10-40-44(54-55(8)45(40)43)39-16-13-32(4)51-33(39)5/h9-11,15,17,26-28,30,35,39,49,51H,3-6,12-14,16,18-25,29H2,1-2,7-8H3,(H,50,52,53). The van der Waals surface area contributed by atoms with E-state index in [1.54, 1.807) is 6.20 Å². The van der Waals surface area contributed by atoms with Crippen LogP contribution in [0.1, 0.15) is 69.5 Å². The Bertz CT molecular complexity index is 2290. The first-order valence-electron chi connectivity index (χ1n) is 21.3. The molecule has 0 aliphatic carbocycles. The molecular weight excluding hydrogens is 754 g/mol. The number of fused-ring (bicyclic) bond motifs is 2. The number of nitrogens with one attached hydrogen (secondary N) is 3. The molecule has 6 heterocycles. The second-order valence-corrected chi connectivity index (χ2v) is 17.4. The van der Waals surface area contributed by atoms with Crippen LogP contribution < -0.4 is 30.7 Å². The number of benzene rings is 2. The molecule has 0 radical (unpaired) electrons. The molecule has 11 nitrogen and oxygen atoms in total. The number of rotatable bonds is 12. The minimum Gasteiger partial charge on any atom is -0.392 e. The van der Waals surface area contributed by atoms with E-state index in [0.29, 0.717) is 22.7 Å². The van der Waals surface area contributed by atoms with Gasteiger partial charge in [-0.05, 0) is 94.2 Å². The van der Waals surface area contributed by atoms with Gasteiger partial charge in [-0.15, -0.1) is 0 Å². The van der Waals surface area contributed by atoms with Crippen molar-refractivity contribution in [2.45, 2.75) is 64.3 Å². The van der Waals surface area contributed by atoms with Gasteiger partial charge in [0.1, 0.15) is 5.02 Å². The maximum atomic E-state index is 6.70. The molecule has 3 saturated heterocycles. The molecule has 4 aliphatic rings. The van der Waals surface area contributed by atoms with Crippen molar-refractivity contribution in [1.29, 1.82) is 0 Å². The van der Waals surface area contributed by atoms with Gasteiger partial charge in [0.25, 0.3) is 0 Å². The Morgan fingerprint density at radius 3 is 2.49 bits per heavy atom. The lowest BCUT2D eigenvalue weighted by Gasteiger charge is -2.39. The maximum Gasteiger partial charge on any atom is 0.227 e. The third-order valence-corrected chi connectivity index (χ3v) is 12.9. The van der Waals surface area contributed by atoms with Gasteiger partial charge in [0, 0.05) is 117 Å². The summed E-state index contributed by atoms with van der Waals surface area (Å²) in [7, 11) is 4.00. The monoisotopic (exact) mass is 813 g/mol. The van der Waals surface area contributed by atoms with Crippen molar-refractivity contribution in [2.24, 2.45) is 13.0 Å². The minimum atomic E-state index is 0.195. The van der Waals surface area contributed by atoms with Gasteiger partial charge in [0.05, 0.1) is 23.1 Å². The summed E-state index contributed by atoms with van der Waals surface area (Å²) in [4.78, 5) is 19.4. The molecule has 0 bridgehead atoms. The first kappa shape index (κ1) is 40.5. The predicted octanol–water partition coefficient (Wildman–Crippen LogP) is 8.93. The number of allylic oxidation sites excluding steroid dienone is 4. The third-order valence-electron chi connectivity index (χ3n) is 12.7. The summed E-state index contributed by atoms with van der Waals surface area (Å²) in [6.07, 6.45) is 9.98. The molecule has 1 unspecified atom stereocenters. The van der Waals surface area contributed by atoms with E-state index in [2.05, 4.69) is 135 Å². The number of aryl methyl sites for hydroxylation is 1. The molecule has 59 heavy (non-hydrogen) atoms. The second-order valence-electron chi connectivity index (χ2n) is 16.9. The molecule has 2 aromatic heterocycles. The van der Waals surface area contributed by atoms with Gasteiger partial charge in [0.15, 0.2) is 5.82 Å². The first-order valence-corrected chi connectivity index (χ1v) is 21.6. The average molecular weight is 815 g/mol. The van der Waals surface area contributed by atoms with Crippen molar-refractivity contribution in [3.8, 4) is 0 Å². The number of hydrogen-bond acceptors (Lipinski definition) is 10. The van der Waals surface area contributed by atoms with Crippen LogP contribution in [0.4, 0.5) is 28.8 Å². The van der Waals surface area contributed by atoms with Gasteiger partial charge < -0.3 is 30.7 Å². The molecule has 3 fully saturated rings. The quantitative estimate of drug-likeness (QED) is 0.129. The van der Waals surface area contributed by atoms with Gasteiger partial charge in [0.2, 0.25) is 5.95 Å². The fourth-order valence-electron chi connectivity index (χ4n) is 9.37. The zero-order valence-electron chi connectivity index (χ0n) is 35.3. The molecule has 2 aromatic carbocycles. The topological polar surface area (TPSA) is 92.7 Å². The Morgan fingerprint density at radius 1 is 0.983 bits per heavy atom. The lowest BCUT2D eigenvalue weighted by Crippen LogP contribution is -2.49. The van der Waals surface area contributed by atoms with Crippen molar-refractivity contribution >= 4 is 57.4 Å². The van der Waals surface area contributed by atoms with E-state index < -0.39 is 0 Å². The van der Waals surface area contributed by atoms with E-state index >= 15 is 0 Å². The zero-order chi connectivity index (χ0) is 41.4. The van der Waals surface area contributed by atoms with Crippen LogP contribution in [-0.2, 0) is 7.05 Å².